The molecule has 1 saturated heterocycles. The van der Waals surface area contributed by atoms with Crippen LogP contribution in [0.3, 0.4) is 0 Å². The van der Waals surface area contributed by atoms with E-state index in [1.165, 1.54) is 18.4 Å². The Labute approximate surface area is 96.0 Å². The Bertz CT molecular complexity index is 361. The van der Waals surface area contributed by atoms with Crippen LogP contribution in [-0.2, 0) is 0 Å². The van der Waals surface area contributed by atoms with Gasteiger partial charge < -0.3 is 10.1 Å². The second-order valence-corrected chi connectivity index (χ2v) is 4.06. The zero-order valence-electron chi connectivity index (χ0n) is 9.28. The first kappa shape index (κ1) is 11.0. The molecule has 1 N–H and O–H groups in total. The lowest BCUT2D eigenvalue weighted by Crippen LogP contribution is -2.28. The van der Waals surface area contributed by atoms with Crippen molar-refractivity contribution >= 4 is 0 Å². The maximum absolute atomic E-state index is 8.40. The number of rotatable bonds is 3. The van der Waals surface area contributed by atoms with Crippen molar-refractivity contribution in [2.75, 3.05) is 19.7 Å². The van der Waals surface area contributed by atoms with Crippen LogP contribution in [-0.4, -0.2) is 19.7 Å². The number of piperidine rings is 1. The lowest BCUT2D eigenvalue weighted by atomic mass is 9.92. The standard InChI is InChI=1S/C13H16N2O/c14-7-9-16-13-5-3-11(4-6-13)12-2-1-8-15-10-12/h3-6,12,15H,1-2,8-10H2. The summed E-state index contributed by atoms with van der Waals surface area (Å²) in [6.07, 6.45) is 2.50. The number of hydrogen-bond donors (Lipinski definition) is 1. The van der Waals surface area contributed by atoms with E-state index in [4.69, 9.17) is 10.00 Å². The smallest absolute Gasteiger partial charge is 0.174 e. The molecule has 84 valence electrons. The molecule has 1 aliphatic heterocycles. The largest absolute Gasteiger partial charge is 0.479 e. The summed E-state index contributed by atoms with van der Waals surface area (Å²) in [5, 5.41) is 11.8. The van der Waals surface area contributed by atoms with Gasteiger partial charge in [0.15, 0.2) is 6.61 Å². The Morgan fingerprint density at radius 2 is 2.19 bits per heavy atom. The SMILES string of the molecule is N#CCOc1ccc(C2CCCNC2)cc1. The highest BCUT2D eigenvalue weighted by Gasteiger charge is 2.14. The minimum Gasteiger partial charge on any atom is -0.479 e. The van der Waals surface area contributed by atoms with Crippen LogP contribution in [0.2, 0.25) is 0 Å². The molecule has 0 spiro atoms. The first-order valence-electron chi connectivity index (χ1n) is 5.70. The number of hydrogen-bond acceptors (Lipinski definition) is 3. The van der Waals surface area contributed by atoms with E-state index in [0.29, 0.717) is 5.92 Å². The van der Waals surface area contributed by atoms with Crippen LogP contribution in [0, 0.1) is 11.3 Å². The highest BCUT2D eigenvalue weighted by molar-refractivity contribution is 5.30. The van der Waals surface area contributed by atoms with E-state index in [-0.39, 0.29) is 6.61 Å². The molecule has 0 bridgehead atoms. The fourth-order valence-corrected chi connectivity index (χ4v) is 2.09. The van der Waals surface area contributed by atoms with Gasteiger partial charge in [0, 0.05) is 6.54 Å². The fraction of sp³-hybridized carbons (Fsp3) is 0.462. The molecule has 3 heteroatoms. The van der Waals surface area contributed by atoms with Crippen molar-refractivity contribution in [3.05, 3.63) is 29.8 Å². The topological polar surface area (TPSA) is 45.0 Å². The summed E-state index contributed by atoms with van der Waals surface area (Å²) in [4.78, 5) is 0. The Morgan fingerprint density at radius 1 is 1.38 bits per heavy atom. The molecule has 1 heterocycles. The Hall–Kier alpha value is -1.53. The fourth-order valence-electron chi connectivity index (χ4n) is 2.09. The first-order valence-corrected chi connectivity index (χ1v) is 5.70. The van der Waals surface area contributed by atoms with E-state index in [9.17, 15) is 0 Å². The van der Waals surface area contributed by atoms with E-state index in [1.54, 1.807) is 0 Å². The molecule has 2 rings (SSSR count). The van der Waals surface area contributed by atoms with Gasteiger partial charge >= 0.3 is 0 Å². The van der Waals surface area contributed by atoms with Gasteiger partial charge in [0.25, 0.3) is 0 Å². The maximum atomic E-state index is 8.40. The van der Waals surface area contributed by atoms with Crippen LogP contribution >= 0.6 is 0 Å². The average Bonchev–Trinajstić information content (AvgIpc) is 2.38. The molecule has 1 fully saturated rings. The summed E-state index contributed by atoms with van der Waals surface area (Å²) in [7, 11) is 0. The lowest BCUT2D eigenvalue weighted by Gasteiger charge is -2.23. The minimum atomic E-state index is 0.115. The van der Waals surface area contributed by atoms with Crippen molar-refractivity contribution in [1.29, 1.82) is 5.26 Å². The van der Waals surface area contributed by atoms with Crippen molar-refractivity contribution in [2.45, 2.75) is 18.8 Å². The second-order valence-electron chi connectivity index (χ2n) is 4.06. The molecule has 0 amide bonds. The van der Waals surface area contributed by atoms with Crippen molar-refractivity contribution in [1.82, 2.24) is 5.32 Å². The van der Waals surface area contributed by atoms with Crippen LogP contribution in [0.1, 0.15) is 24.3 Å². The molecule has 1 atom stereocenters. The van der Waals surface area contributed by atoms with Crippen molar-refractivity contribution < 1.29 is 4.74 Å². The Morgan fingerprint density at radius 3 is 2.81 bits per heavy atom. The maximum Gasteiger partial charge on any atom is 0.174 e. The summed E-state index contributed by atoms with van der Waals surface area (Å²) >= 11 is 0. The lowest BCUT2D eigenvalue weighted by molar-refractivity contribution is 0.367. The van der Waals surface area contributed by atoms with Crippen LogP contribution in [0.4, 0.5) is 0 Å². The van der Waals surface area contributed by atoms with Gasteiger partial charge in [-0.1, -0.05) is 12.1 Å². The van der Waals surface area contributed by atoms with Crippen LogP contribution in [0.15, 0.2) is 24.3 Å². The summed E-state index contributed by atoms with van der Waals surface area (Å²) in [5.41, 5.74) is 1.36. The third kappa shape index (κ3) is 2.74. The van der Waals surface area contributed by atoms with Crippen LogP contribution in [0.25, 0.3) is 0 Å². The van der Waals surface area contributed by atoms with Gasteiger partial charge in [0.05, 0.1) is 0 Å². The molecule has 1 unspecified atom stereocenters. The van der Waals surface area contributed by atoms with E-state index in [1.807, 2.05) is 18.2 Å². The normalized spacial score (nSPS) is 20.1. The molecular formula is C13H16N2O. The van der Waals surface area contributed by atoms with Gasteiger partial charge in [-0.25, -0.2) is 0 Å². The number of ether oxygens (including phenoxy) is 1. The molecule has 1 aromatic carbocycles. The first-order chi connectivity index (χ1) is 7.90. The number of nitrogens with one attached hydrogen (secondary N) is 1. The molecule has 16 heavy (non-hydrogen) atoms. The zero-order valence-corrected chi connectivity index (χ0v) is 9.28. The highest BCUT2D eigenvalue weighted by Crippen LogP contribution is 2.24. The monoisotopic (exact) mass is 216 g/mol. The number of nitriles is 1. The third-order valence-electron chi connectivity index (χ3n) is 2.95. The minimum absolute atomic E-state index is 0.115. The Kier molecular flexibility index (Phi) is 3.79. The predicted molar refractivity (Wildman–Crippen MR) is 62.4 cm³/mol. The summed E-state index contributed by atoms with van der Waals surface area (Å²) in [6, 6.07) is 10.1. The van der Waals surface area contributed by atoms with E-state index < -0.39 is 0 Å². The molecule has 0 aliphatic carbocycles. The highest BCUT2D eigenvalue weighted by atomic mass is 16.5. The van der Waals surface area contributed by atoms with Crippen LogP contribution in [0.5, 0.6) is 5.75 Å². The van der Waals surface area contributed by atoms with E-state index >= 15 is 0 Å². The molecule has 3 nitrogen and oxygen atoms in total. The van der Waals surface area contributed by atoms with Gasteiger partial charge in [-0.15, -0.1) is 0 Å². The van der Waals surface area contributed by atoms with Gasteiger partial charge in [0.2, 0.25) is 0 Å². The Balaban J connectivity index is 1.98. The molecule has 0 aromatic heterocycles. The van der Waals surface area contributed by atoms with E-state index in [2.05, 4.69) is 17.4 Å². The van der Waals surface area contributed by atoms with Crippen molar-refractivity contribution in [3.63, 3.8) is 0 Å². The van der Waals surface area contributed by atoms with E-state index in [0.717, 1.165) is 18.8 Å². The van der Waals surface area contributed by atoms with Gasteiger partial charge in [0.1, 0.15) is 11.8 Å². The van der Waals surface area contributed by atoms with Gasteiger partial charge in [-0.05, 0) is 43.0 Å². The molecule has 0 radical (unpaired) electrons. The summed E-state index contributed by atoms with van der Waals surface area (Å²) < 4.78 is 5.22. The molecule has 0 saturated carbocycles. The second kappa shape index (κ2) is 5.53. The van der Waals surface area contributed by atoms with Crippen LogP contribution < -0.4 is 10.1 Å². The molecular weight excluding hydrogens is 200 g/mol. The molecule has 1 aromatic rings. The summed E-state index contributed by atoms with van der Waals surface area (Å²) in [5.74, 6) is 1.40. The van der Waals surface area contributed by atoms with Gasteiger partial charge in [-0.2, -0.15) is 5.26 Å². The summed E-state index contributed by atoms with van der Waals surface area (Å²) in [6.45, 7) is 2.32. The van der Waals surface area contributed by atoms with Crippen molar-refractivity contribution in [3.8, 4) is 11.8 Å². The van der Waals surface area contributed by atoms with Gasteiger partial charge in [-0.3, -0.25) is 0 Å². The van der Waals surface area contributed by atoms with Crippen molar-refractivity contribution in [2.24, 2.45) is 0 Å². The number of nitrogens with zero attached hydrogens (tertiary/aromatic N) is 1. The average molecular weight is 216 g/mol. The number of benzene rings is 1. The molecule has 1 aliphatic rings. The quantitative estimate of drug-likeness (QED) is 0.841. The zero-order chi connectivity index (χ0) is 11.2. The third-order valence-corrected chi connectivity index (χ3v) is 2.95. The predicted octanol–water partition coefficient (Wildman–Crippen LogP) is 2.06.